The van der Waals surface area contributed by atoms with E-state index in [1.165, 1.54) is 42.5 Å². The number of hydrogen-bond donors (Lipinski definition) is 3. The molecule has 0 spiro atoms. The molecule has 1 atom stereocenters. The summed E-state index contributed by atoms with van der Waals surface area (Å²) in [6.45, 7) is 0. The Labute approximate surface area is 190 Å². The highest BCUT2D eigenvalue weighted by Gasteiger charge is 2.36. The van der Waals surface area contributed by atoms with Gasteiger partial charge >= 0.3 is 0 Å². The zero-order valence-electron chi connectivity index (χ0n) is 14.7. The van der Waals surface area contributed by atoms with Crippen LogP contribution in [0.3, 0.4) is 0 Å². The van der Waals surface area contributed by atoms with Crippen LogP contribution in [0.4, 0.5) is 11.4 Å². The van der Waals surface area contributed by atoms with Crippen LogP contribution < -0.4 is 21.1 Å². The van der Waals surface area contributed by atoms with E-state index in [0.29, 0.717) is 5.69 Å². The second-order valence-corrected chi connectivity index (χ2v) is 8.47. The number of nitro groups is 1. The number of carboxylic acid groups (broad SMARTS) is 1. The van der Waals surface area contributed by atoms with Gasteiger partial charge in [-0.15, -0.1) is 0 Å². The summed E-state index contributed by atoms with van der Waals surface area (Å²) >= 11 is 22.8. The summed E-state index contributed by atoms with van der Waals surface area (Å²) in [6.07, 6.45) is -1.39. The highest BCUT2D eigenvalue weighted by atomic mass is 35.6. The van der Waals surface area contributed by atoms with Crippen molar-refractivity contribution >= 4 is 75.4 Å². The molecular formula is C17H12Cl3N4O5S-. The average molecular weight is 491 g/mol. The number of thiocarbonyl (C=S) groups is 1. The number of rotatable bonds is 6. The molecule has 0 unspecified atom stereocenters. The number of anilines is 1. The van der Waals surface area contributed by atoms with Crippen LogP contribution in [-0.2, 0) is 0 Å². The van der Waals surface area contributed by atoms with Gasteiger partial charge in [-0.05, 0) is 36.0 Å². The highest BCUT2D eigenvalue weighted by Crippen LogP contribution is 2.30. The SMILES string of the molecule is O=C([O-])c1cccc(NC(=S)N[C@@H](NC(=O)c2ccccc2[N+](=O)[O-])C(Cl)(Cl)Cl)c1. The zero-order valence-corrected chi connectivity index (χ0v) is 17.8. The number of carboxylic acids is 1. The molecule has 0 fully saturated rings. The van der Waals surface area contributed by atoms with Crippen molar-refractivity contribution < 1.29 is 19.6 Å². The number of benzene rings is 2. The average Bonchev–Trinajstić information content (AvgIpc) is 2.66. The Kier molecular flexibility index (Phi) is 7.79. The molecule has 30 heavy (non-hydrogen) atoms. The minimum Gasteiger partial charge on any atom is -0.545 e. The van der Waals surface area contributed by atoms with E-state index in [1.807, 2.05) is 0 Å². The van der Waals surface area contributed by atoms with E-state index in [9.17, 15) is 24.8 Å². The van der Waals surface area contributed by atoms with Crippen molar-refractivity contribution in [2.75, 3.05) is 5.32 Å². The summed E-state index contributed by atoms with van der Waals surface area (Å²) in [7, 11) is 0. The molecule has 0 heterocycles. The second-order valence-electron chi connectivity index (χ2n) is 5.69. The van der Waals surface area contributed by atoms with Crippen molar-refractivity contribution in [1.82, 2.24) is 10.6 Å². The molecule has 2 rings (SSSR count). The quantitative estimate of drug-likeness (QED) is 0.185. The van der Waals surface area contributed by atoms with Crippen LogP contribution in [0, 0.1) is 10.1 Å². The third-order valence-electron chi connectivity index (χ3n) is 3.58. The predicted molar refractivity (Wildman–Crippen MR) is 115 cm³/mol. The molecule has 0 radical (unpaired) electrons. The van der Waals surface area contributed by atoms with Gasteiger partial charge in [0, 0.05) is 11.8 Å². The molecule has 9 nitrogen and oxygen atoms in total. The van der Waals surface area contributed by atoms with E-state index in [0.717, 1.165) is 6.07 Å². The number of hydrogen-bond acceptors (Lipinski definition) is 6. The smallest absolute Gasteiger partial charge is 0.282 e. The molecule has 13 heteroatoms. The van der Waals surface area contributed by atoms with Crippen LogP contribution in [0.2, 0.25) is 0 Å². The fourth-order valence-corrected chi connectivity index (χ4v) is 2.82. The number of carbonyl (C=O) groups is 2. The van der Waals surface area contributed by atoms with Crippen LogP contribution >= 0.6 is 47.0 Å². The Balaban J connectivity index is 2.16. The highest BCUT2D eigenvalue weighted by molar-refractivity contribution is 7.80. The van der Waals surface area contributed by atoms with Gasteiger partial charge in [-0.2, -0.15) is 0 Å². The number of aromatic carboxylic acids is 1. The van der Waals surface area contributed by atoms with E-state index < -0.39 is 32.4 Å². The number of amides is 1. The summed E-state index contributed by atoms with van der Waals surface area (Å²) < 4.78 is -2.10. The van der Waals surface area contributed by atoms with Gasteiger partial charge in [0.2, 0.25) is 3.79 Å². The summed E-state index contributed by atoms with van der Waals surface area (Å²) in [5.41, 5.74) is -0.477. The number of halogens is 3. The molecule has 0 aliphatic rings. The first-order chi connectivity index (χ1) is 14.0. The van der Waals surface area contributed by atoms with Gasteiger partial charge in [-0.25, -0.2) is 0 Å². The zero-order chi connectivity index (χ0) is 22.5. The Morgan fingerprint density at radius 3 is 2.33 bits per heavy atom. The lowest BCUT2D eigenvalue weighted by molar-refractivity contribution is -0.385. The first kappa shape index (κ1) is 23.6. The molecule has 0 aromatic heterocycles. The molecule has 158 valence electrons. The Hall–Kier alpha value is -2.66. The van der Waals surface area contributed by atoms with Gasteiger partial charge in [-0.1, -0.05) is 59.1 Å². The molecule has 1 amide bonds. The molecule has 0 saturated heterocycles. The number of carbonyl (C=O) groups excluding carboxylic acids is 2. The summed E-state index contributed by atoms with van der Waals surface area (Å²) in [6, 6.07) is 10.8. The second kappa shape index (κ2) is 9.90. The Morgan fingerprint density at radius 2 is 1.73 bits per heavy atom. The maximum atomic E-state index is 12.5. The fraction of sp³-hybridized carbons (Fsp3) is 0.118. The summed E-state index contributed by atoms with van der Waals surface area (Å²) in [5, 5.41) is 29.5. The molecule has 0 aliphatic carbocycles. The third kappa shape index (κ3) is 6.42. The first-order valence-corrected chi connectivity index (χ1v) is 9.53. The monoisotopic (exact) mass is 489 g/mol. The van der Waals surface area contributed by atoms with Crippen LogP contribution in [0.15, 0.2) is 48.5 Å². The molecule has 2 aromatic carbocycles. The minimum absolute atomic E-state index is 0.0922. The van der Waals surface area contributed by atoms with Gasteiger partial charge in [0.15, 0.2) is 5.11 Å². The van der Waals surface area contributed by atoms with Crippen molar-refractivity contribution in [3.8, 4) is 0 Å². The maximum Gasteiger partial charge on any atom is 0.282 e. The Bertz CT molecular complexity index is 999. The largest absolute Gasteiger partial charge is 0.545 e. The fourth-order valence-electron chi connectivity index (χ4n) is 2.26. The summed E-state index contributed by atoms with van der Waals surface area (Å²) in [4.78, 5) is 33.9. The van der Waals surface area contributed by atoms with Gasteiger partial charge in [0.05, 0.1) is 10.9 Å². The van der Waals surface area contributed by atoms with Gasteiger partial charge in [0.25, 0.3) is 11.6 Å². The molecule has 0 aliphatic heterocycles. The van der Waals surface area contributed by atoms with Crippen LogP contribution in [0.25, 0.3) is 0 Å². The van der Waals surface area contributed by atoms with Crippen LogP contribution in [-0.4, -0.2) is 31.9 Å². The van der Waals surface area contributed by atoms with E-state index in [-0.39, 0.29) is 16.2 Å². The van der Waals surface area contributed by atoms with Crippen molar-refractivity contribution in [3.63, 3.8) is 0 Å². The van der Waals surface area contributed by atoms with Crippen molar-refractivity contribution in [2.45, 2.75) is 9.96 Å². The van der Waals surface area contributed by atoms with Gasteiger partial charge in [0.1, 0.15) is 11.7 Å². The number of nitro benzene ring substituents is 1. The van der Waals surface area contributed by atoms with Crippen LogP contribution in [0.1, 0.15) is 20.7 Å². The molecule has 0 saturated carbocycles. The normalized spacial score (nSPS) is 11.8. The molecule has 0 bridgehead atoms. The third-order valence-corrected chi connectivity index (χ3v) is 4.45. The Morgan fingerprint density at radius 1 is 1.07 bits per heavy atom. The number of nitrogens with zero attached hydrogens (tertiary/aromatic N) is 1. The molecule has 2 aromatic rings. The van der Waals surface area contributed by atoms with Gasteiger partial charge < -0.3 is 25.9 Å². The molecular weight excluding hydrogens is 479 g/mol. The van der Waals surface area contributed by atoms with Crippen molar-refractivity contribution in [1.29, 1.82) is 0 Å². The lowest BCUT2D eigenvalue weighted by Gasteiger charge is -2.27. The maximum absolute atomic E-state index is 12.5. The molecule has 3 N–H and O–H groups in total. The minimum atomic E-state index is -2.10. The summed E-state index contributed by atoms with van der Waals surface area (Å²) in [5.74, 6) is -2.26. The first-order valence-electron chi connectivity index (χ1n) is 7.99. The standard InChI is InChI=1S/C17H13Cl3N4O5S/c18-17(19,20)15(22-13(25)11-6-1-2-7-12(11)24(28)29)23-16(30)21-10-5-3-4-9(8-10)14(26)27/h1-8,15H,(H,22,25)(H,26,27)(H2,21,23,30)/p-1/t15-/m1/s1. The van der Waals surface area contributed by atoms with E-state index in [4.69, 9.17) is 47.0 Å². The lowest BCUT2D eigenvalue weighted by atomic mass is 10.1. The van der Waals surface area contributed by atoms with E-state index >= 15 is 0 Å². The van der Waals surface area contributed by atoms with Gasteiger partial charge in [-0.3, -0.25) is 14.9 Å². The van der Waals surface area contributed by atoms with Crippen molar-refractivity contribution in [2.24, 2.45) is 0 Å². The number of nitrogens with one attached hydrogen (secondary N) is 3. The number of para-hydroxylation sites is 1. The van der Waals surface area contributed by atoms with E-state index in [1.54, 1.807) is 0 Å². The van der Waals surface area contributed by atoms with Crippen LogP contribution in [0.5, 0.6) is 0 Å². The predicted octanol–water partition coefficient (Wildman–Crippen LogP) is 2.37. The number of alkyl halides is 3. The lowest BCUT2D eigenvalue weighted by Crippen LogP contribution is -2.56. The van der Waals surface area contributed by atoms with Crippen molar-refractivity contribution in [3.05, 3.63) is 69.8 Å². The van der Waals surface area contributed by atoms with E-state index in [2.05, 4.69) is 16.0 Å². The topological polar surface area (TPSA) is 136 Å².